The molecule has 0 saturated carbocycles. The lowest BCUT2D eigenvalue weighted by Gasteiger charge is -2.49. The van der Waals surface area contributed by atoms with E-state index < -0.39 is 114 Å². The molecule has 0 radical (unpaired) electrons. The van der Waals surface area contributed by atoms with Crippen molar-refractivity contribution in [3.05, 3.63) is 24.3 Å². The number of likely N-dealkylation sites (N-methyl/N-ethyl adjacent to an activating group) is 1. The molecule has 0 spiro atoms. The van der Waals surface area contributed by atoms with Gasteiger partial charge < -0.3 is 77.9 Å². The first-order valence-corrected chi connectivity index (χ1v) is 23.0. The van der Waals surface area contributed by atoms with Crippen molar-refractivity contribution in [3.8, 4) is 5.75 Å². The minimum atomic E-state index is -1.99. The van der Waals surface area contributed by atoms with Gasteiger partial charge in [0.1, 0.15) is 29.7 Å². The minimum absolute atomic E-state index is 0.0604. The van der Waals surface area contributed by atoms with Crippen molar-refractivity contribution in [1.82, 2.24) is 0 Å². The fourth-order valence-corrected chi connectivity index (χ4v) is 9.81. The first-order valence-electron chi connectivity index (χ1n) is 23.0. The van der Waals surface area contributed by atoms with Crippen LogP contribution in [0.2, 0.25) is 0 Å². The highest BCUT2D eigenvalue weighted by Gasteiger charge is 2.53. The molecular formula is C47H80N2O16. The molecule has 3 heterocycles. The second-order valence-electron chi connectivity index (χ2n) is 19.1. The van der Waals surface area contributed by atoms with Gasteiger partial charge in [0.25, 0.3) is 0 Å². The monoisotopic (exact) mass is 929 g/mol. The first-order chi connectivity index (χ1) is 30.5. The number of carbonyl (C=O) groups is 1. The van der Waals surface area contributed by atoms with Crippen LogP contribution in [0.5, 0.6) is 5.75 Å². The normalized spacial score (nSPS) is 41.9. The number of hydrogen-bond donors (Lipinski definition) is 5. The van der Waals surface area contributed by atoms with Gasteiger partial charge in [-0.25, -0.2) is 0 Å². The highest BCUT2D eigenvalue weighted by atomic mass is 16.7. The van der Waals surface area contributed by atoms with Gasteiger partial charge in [-0.05, 0) is 85.1 Å². The van der Waals surface area contributed by atoms with Crippen molar-refractivity contribution in [3.63, 3.8) is 0 Å². The Kier molecular flexibility index (Phi) is 19.9. The number of anilines is 1. The lowest BCUT2D eigenvalue weighted by atomic mass is 9.73. The molecule has 374 valence electrons. The predicted molar refractivity (Wildman–Crippen MR) is 240 cm³/mol. The van der Waals surface area contributed by atoms with Crippen LogP contribution < -0.4 is 9.64 Å². The maximum Gasteiger partial charge on any atom is 0.311 e. The Hall–Kier alpha value is -2.72. The highest BCUT2D eigenvalue weighted by molar-refractivity contribution is 5.88. The van der Waals surface area contributed by atoms with Gasteiger partial charge in [0.05, 0.1) is 79.7 Å². The number of aliphatic hydroxyl groups excluding tert-OH is 3. The molecule has 0 aliphatic carbocycles. The molecule has 0 bridgehead atoms. The van der Waals surface area contributed by atoms with Crippen molar-refractivity contribution >= 4 is 17.4 Å². The smallest absolute Gasteiger partial charge is 0.311 e. The van der Waals surface area contributed by atoms with Gasteiger partial charge >= 0.3 is 5.97 Å². The molecule has 3 saturated heterocycles. The molecule has 1 aromatic rings. The number of aliphatic hydroxyl groups is 5. The SMILES string of the molecule is CC[C@H]1OC(=O)[C@H](C)[C@@H](O[C@H]2C[C@@](C)(OC)[C@@H](O)[C@H](C)O2)[C@H](C)[C@@H](O[C@@H]2O[C@H](C)C[C@H](N(C)c3ccc(OC)cc3)[C@H]2O)[C@](C)(O)C[C@@H](C)/C(=N\OCOCCOC)[C@H](C)[C@@H](O)[C@]1(C)O. The lowest BCUT2D eigenvalue weighted by molar-refractivity contribution is -0.315. The number of rotatable bonds is 15. The maximum absolute atomic E-state index is 14.5. The van der Waals surface area contributed by atoms with Crippen LogP contribution in [0.15, 0.2) is 29.4 Å². The van der Waals surface area contributed by atoms with Crippen LogP contribution in [0, 0.1) is 23.7 Å². The quantitative estimate of drug-likeness (QED) is 0.0730. The molecule has 4 rings (SSSR count). The van der Waals surface area contributed by atoms with Crippen molar-refractivity contribution in [2.75, 3.05) is 53.3 Å². The summed E-state index contributed by atoms with van der Waals surface area (Å²) in [5, 5.41) is 64.6. The summed E-state index contributed by atoms with van der Waals surface area (Å²) in [7, 11) is 6.50. The molecule has 3 fully saturated rings. The molecule has 3 aliphatic rings. The van der Waals surface area contributed by atoms with Gasteiger partial charge in [-0.2, -0.15) is 0 Å². The number of oxime groups is 1. The number of cyclic esters (lactones) is 1. The second kappa shape index (κ2) is 23.5. The van der Waals surface area contributed by atoms with Gasteiger partial charge in [0.2, 0.25) is 6.79 Å². The zero-order valence-corrected chi connectivity index (χ0v) is 41.0. The third-order valence-corrected chi connectivity index (χ3v) is 13.9. The van der Waals surface area contributed by atoms with E-state index in [0.717, 1.165) is 5.69 Å². The van der Waals surface area contributed by atoms with Crippen LogP contribution in [-0.2, 0) is 47.5 Å². The minimum Gasteiger partial charge on any atom is -0.497 e. The van der Waals surface area contributed by atoms with E-state index in [1.165, 1.54) is 14.0 Å². The van der Waals surface area contributed by atoms with E-state index in [4.69, 9.17) is 47.5 Å². The van der Waals surface area contributed by atoms with Crippen molar-refractivity contribution in [2.45, 2.75) is 179 Å². The Balaban J connectivity index is 1.86. The molecule has 65 heavy (non-hydrogen) atoms. The average molecular weight is 929 g/mol. The zero-order chi connectivity index (χ0) is 48.6. The first kappa shape index (κ1) is 54.9. The Morgan fingerprint density at radius 1 is 0.877 bits per heavy atom. The number of hydrogen-bond acceptors (Lipinski definition) is 18. The predicted octanol–water partition coefficient (Wildman–Crippen LogP) is 3.79. The molecular weight excluding hydrogens is 849 g/mol. The van der Waals surface area contributed by atoms with Gasteiger partial charge in [-0.1, -0.05) is 32.9 Å². The van der Waals surface area contributed by atoms with E-state index in [1.54, 1.807) is 62.7 Å². The summed E-state index contributed by atoms with van der Waals surface area (Å²) in [6.45, 7) is 17.2. The fourth-order valence-electron chi connectivity index (χ4n) is 9.81. The number of esters is 1. The number of nitrogens with zero attached hydrogens (tertiary/aromatic N) is 2. The molecule has 3 aliphatic heterocycles. The van der Waals surface area contributed by atoms with Crippen molar-refractivity contribution in [1.29, 1.82) is 0 Å². The molecule has 0 amide bonds. The van der Waals surface area contributed by atoms with Crippen LogP contribution in [0.4, 0.5) is 5.69 Å². The third-order valence-electron chi connectivity index (χ3n) is 13.9. The fraction of sp³-hybridized carbons (Fsp3) is 0.830. The van der Waals surface area contributed by atoms with Crippen molar-refractivity contribution < 1.29 is 77.8 Å². The Morgan fingerprint density at radius 3 is 2.14 bits per heavy atom. The molecule has 18 heteroatoms. The summed E-state index contributed by atoms with van der Waals surface area (Å²) in [6.07, 6.45) is -10.1. The Labute approximate surface area is 385 Å². The summed E-state index contributed by atoms with van der Waals surface area (Å²) in [5.74, 6) is -3.61. The number of methoxy groups -OCH3 is 3. The number of carbonyl (C=O) groups excluding carboxylic acids is 1. The van der Waals surface area contributed by atoms with Gasteiger partial charge in [-0.3, -0.25) is 4.79 Å². The van der Waals surface area contributed by atoms with E-state index >= 15 is 0 Å². The van der Waals surface area contributed by atoms with E-state index in [9.17, 15) is 30.3 Å². The van der Waals surface area contributed by atoms with E-state index in [1.807, 2.05) is 50.1 Å². The van der Waals surface area contributed by atoms with Gasteiger partial charge in [0.15, 0.2) is 12.6 Å². The summed E-state index contributed by atoms with van der Waals surface area (Å²) in [6, 6.07) is 6.97. The lowest BCUT2D eigenvalue weighted by Crippen LogP contribution is -2.61. The maximum atomic E-state index is 14.5. The standard InChI is InChI=1S/C47H80N2O16/c1-15-35-47(10,55)40(51)28(4)37(48-60-25-59-21-20-56-12)26(2)23-45(8,54)42(65-44-38(50)34(22-27(3)61-44)49(11)32-16-18-33(57-13)19-17-32)29(5)39(30(6)43(53)63-35)64-36-24-46(9,58-14)41(52)31(7)62-36/h16-19,26-31,34-36,38-42,44,50-52,54-55H,15,20-25H2,1-14H3/b48-37+/t26-,27-,28+,29+,30-,31+,34+,35-,36+,38-,39+,40-,41+,42-,44+,45-,46-,47-/m1/s1. The number of benzene rings is 1. The molecule has 0 aromatic heterocycles. The summed E-state index contributed by atoms with van der Waals surface area (Å²) in [5.41, 5.74) is -3.78. The Bertz CT molecular complexity index is 1650. The summed E-state index contributed by atoms with van der Waals surface area (Å²) < 4.78 is 54.1. The summed E-state index contributed by atoms with van der Waals surface area (Å²) >= 11 is 0. The van der Waals surface area contributed by atoms with Crippen LogP contribution in [-0.4, -0.2) is 170 Å². The third kappa shape index (κ3) is 13.1. The van der Waals surface area contributed by atoms with Crippen molar-refractivity contribution in [2.24, 2.45) is 28.8 Å². The zero-order valence-electron chi connectivity index (χ0n) is 41.0. The van der Waals surface area contributed by atoms with Crippen LogP contribution in [0.3, 0.4) is 0 Å². The second-order valence-corrected chi connectivity index (χ2v) is 19.1. The van der Waals surface area contributed by atoms with E-state index in [-0.39, 0.29) is 38.4 Å². The van der Waals surface area contributed by atoms with Crippen LogP contribution >= 0.6 is 0 Å². The molecule has 18 nitrogen and oxygen atoms in total. The molecule has 5 N–H and O–H groups in total. The van der Waals surface area contributed by atoms with Crippen LogP contribution in [0.1, 0.15) is 94.9 Å². The van der Waals surface area contributed by atoms with Gasteiger partial charge in [0, 0.05) is 51.1 Å². The van der Waals surface area contributed by atoms with E-state index in [0.29, 0.717) is 18.8 Å². The molecule has 18 atom stereocenters. The largest absolute Gasteiger partial charge is 0.497 e. The molecule has 0 unspecified atom stereocenters. The molecule has 1 aromatic carbocycles. The van der Waals surface area contributed by atoms with Crippen LogP contribution in [0.25, 0.3) is 0 Å². The average Bonchev–Trinajstić information content (AvgIpc) is 3.27. The van der Waals surface area contributed by atoms with Gasteiger partial charge in [-0.15, -0.1) is 0 Å². The van der Waals surface area contributed by atoms with E-state index in [2.05, 4.69) is 5.16 Å². The number of ether oxygens (including phenoxy) is 9. The highest BCUT2D eigenvalue weighted by Crippen LogP contribution is 2.41. The summed E-state index contributed by atoms with van der Waals surface area (Å²) in [4.78, 5) is 22.1. The Morgan fingerprint density at radius 2 is 1.54 bits per heavy atom. The topological polar surface area (TPSA) is 226 Å².